The van der Waals surface area contributed by atoms with Gasteiger partial charge in [0.2, 0.25) is 5.82 Å². The third kappa shape index (κ3) is 2.00. The van der Waals surface area contributed by atoms with E-state index in [1.165, 1.54) is 6.33 Å². The molecule has 0 aliphatic heterocycles. The van der Waals surface area contributed by atoms with Crippen molar-refractivity contribution in [2.75, 3.05) is 0 Å². The minimum Gasteiger partial charge on any atom is -0.481 e. The molecule has 0 saturated heterocycles. The molecule has 7 heteroatoms. The number of carboxylic acids is 1. The van der Waals surface area contributed by atoms with Crippen LogP contribution in [0.1, 0.15) is 36.8 Å². The van der Waals surface area contributed by atoms with Gasteiger partial charge < -0.3 is 10.4 Å². The zero-order valence-corrected chi connectivity index (χ0v) is 9.43. The topological polar surface area (TPSA) is 108 Å². The molecule has 2 unspecified atom stereocenters. The molecular formula is C10H14N4O3. The van der Waals surface area contributed by atoms with Gasteiger partial charge in [0.1, 0.15) is 6.33 Å². The third-order valence-electron chi connectivity index (χ3n) is 3.38. The minimum atomic E-state index is -0.893. The first-order valence-electron chi connectivity index (χ1n) is 5.43. The van der Waals surface area contributed by atoms with E-state index < -0.39 is 17.3 Å². The molecule has 2 atom stereocenters. The second-order valence-corrected chi connectivity index (χ2v) is 4.47. The van der Waals surface area contributed by atoms with Gasteiger partial charge in [-0.2, -0.15) is 5.10 Å². The Hall–Kier alpha value is -1.92. The highest BCUT2D eigenvalue weighted by Gasteiger charge is 2.46. The fraction of sp³-hybridized carbons (Fsp3) is 0.600. The summed E-state index contributed by atoms with van der Waals surface area (Å²) in [7, 11) is 0. The van der Waals surface area contributed by atoms with Crippen LogP contribution in [0.15, 0.2) is 6.33 Å². The van der Waals surface area contributed by atoms with Crippen molar-refractivity contribution in [3.8, 4) is 0 Å². The van der Waals surface area contributed by atoms with Crippen molar-refractivity contribution in [1.82, 2.24) is 20.5 Å². The quantitative estimate of drug-likeness (QED) is 0.696. The normalized spacial score (nSPS) is 27.9. The Bertz CT molecular complexity index is 431. The summed E-state index contributed by atoms with van der Waals surface area (Å²) in [5.41, 5.74) is -0.893. The van der Waals surface area contributed by atoms with Crippen molar-refractivity contribution in [3.63, 3.8) is 0 Å². The van der Waals surface area contributed by atoms with Gasteiger partial charge in [0.25, 0.3) is 5.91 Å². The molecule has 1 aromatic rings. The number of carbonyl (C=O) groups is 2. The van der Waals surface area contributed by atoms with E-state index in [0.29, 0.717) is 12.8 Å². The molecule has 92 valence electrons. The predicted octanol–water partition coefficient (Wildman–Crippen LogP) is 0.178. The van der Waals surface area contributed by atoms with Crippen LogP contribution in [-0.2, 0) is 4.79 Å². The molecule has 1 heterocycles. The van der Waals surface area contributed by atoms with Crippen LogP contribution >= 0.6 is 0 Å². The van der Waals surface area contributed by atoms with Crippen LogP contribution in [0.2, 0.25) is 0 Å². The maximum absolute atomic E-state index is 11.7. The molecule has 1 amide bonds. The third-order valence-corrected chi connectivity index (χ3v) is 3.38. The highest BCUT2D eigenvalue weighted by Crippen LogP contribution is 2.38. The Morgan fingerprint density at radius 3 is 3.00 bits per heavy atom. The number of hydrogen-bond donors (Lipinski definition) is 3. The Morgan fingerprint density at radius 2 is 2.41 bits per heavy atom. The fourth-order valence-corrected chi connectivity index (χ4v) is 2.20. The average molecular weight is 238 g/mol. The number of aliphatic carboxylic acids is 1. The molecule has 0 bridgehead atoms. The minimum absolute atomic E-state index is 0.102. The lowest BCUT2D eigenvalue weighted by atomic mass is 9.85. The molecule has 0 spiro atoms. The van der Waals surface area contributed by atoms with Crippen molar-refractivity contribution >= 4 is 11.9 Å². The highest BCUT2D eigenvalue weighted by molar-refractivity contribution is 5.91. The van der Waals surface area contributed by atoms with Crippen LogP contribution in [0.5, 0.6) is 0 Å². The lowest BCUT2D eigenvalue weighted by Gasteiger charge is -2.27. The van der Waals surface area contributed by atoms with Crippen LogP contribution in [0.3, 0.4) is 0 Å². The van der Waals surface area contributed by atoms with Crippen molar-refractivity contribution in [2.45, 2.75) is 32.2 Å². The first-order valence-corrected chi connectivity index (χ1v) is 5.43. The zero-order valence-electron chi connectivity index (χ0n) is 9.43. The van der Waals surface area contributed by atoms with Gasteiger partial charge in [-0.15, -0.1) is 0 Å². The Balaban J connectivity index is 2.09. The molecule has 2 rings (SSSR count). The molecule has 17 heavy (non-hydrogen) atoms. The number of rotatable bonds is 3. The summed E-state index contributed by atoms with van der Waals surface area (Å²) >= 11 is 0. The fourth-order valence-electron chi connectivity index (χ4n) is 2.20. The number of nitrogens with zero attached hydrogens (tertiary/aromatic N) is 2. The van der Waals surface area contributed by atoms with Gasteiger partial charge >= 0.3 is 5.97 Å². The van der Waals surface area contributed by atoms with E-state index in [4.69, 9.17) is 0 Å². The molecule has 1 fully saturated rings. The number of carbonyl (C=O) groups excluding carboxylic acids is 1. The Kier molecular flexibility index (Phi) is 2.83. The molecule has 0 radical (unpaired) electrons. The molecule has 7 nitrogen and oxygen atoms in total. The lowest BCUT2D eigenvalue weighted by molar-refractivity contribution is -0.148. The molecular weight excluding hydrogens is 224 g/mol. The Labute approximate surface area is 97.6 Å². The average Bonchev–Trinajstić information content (AvgIpc) is 2.89. The second kappa shape index (κ2) is 4.15. The Morgan fingerprint density at radius 1 is 1.65 bits per heavy atom. The molecule has 1 aliphatic rings. The van der Waals surface area contributed by atoms with Crippen LogP contribution in [0.4, 0.5) is 0 Å². The smallest absolute Gasteiger partial charge is 0.311 e. The molecule has 1 aliphatic carbocycles. The van der Waals surface area contributed by atoms with E-state index in [-0.39, 0.29) is 11.9 Å². The molecule has 0 aromatic carbocycles. The predicted molar refractivity (Wildman–Crippen MR) is 57.2 cm³/mol. The van der Waals surface area contributed by atoms with Gasteiger partial charge in [0.05, 0.1) is 5.41 Å². The van der Waals surface area contributed by atoms with E-state index in [1.54, 1.807) is 6.92 Å². The maximum Gasteiger partial charge on any atom is 0.311 e. The van der Waals surface area contributed by atoms with E-state index in [2.05, 4.69) is 20.5 Å². The second-order valence-electron chi connectivity index (χ2n) is 4.47. The summed E-state index contributed by atoms with van der Waals surface area (Å²) in [4.78, 5) is 26.7. The molecule has 1 saturated carbocycles. The van der Waals surface area contributed by atoms with E-state index >= 15 is 0 Å². The largest absolute Gasteiger partial charge is 0.481 e. The zero-order chi connectivity index (χ0) is 12.5. The van der Waals surface area contributed by atoms with Crippen LogP contribution in [-0.4, -0.2) is 38.2 Å². The summed E-state index contributed by atoms with van der Waals surface area (Å²) in [6, 6.07) is -0.363. The summed E-state index contributed by atoms with van der Waals surface area (Å²) in [5, 5.41) is 17.9. The lowest BCUT2D eigenvalue weighted by Crippen LogP contribution is -2.47. The van der Waals surface area contributed by atoms with Crippen LogP contribution in [0.25, 0.3) is 0 Å². The number of amides is 1. The van der Waals surface area contributed by atoms with Gasteiger partial charge in [-0.3, -0.25) is 14.7 Å². The number of H-pyrrole nitrogens is 1. The van der Waals surface area contributed by atoms with E-state index in [9.17, 15) is 14.7 Å². The highest BCUT2D eigenvalue weighted by atomic mass is 16.4. The van der Waals surface area contributed by atoms with Crippen molar-refractivity contribution < 1.29 is 14.7 Å². The summed E-state index contributed by atoms with van der Waals surface area (Å²) < 4.78 is 0. The standard InChI is InChI=1S/C10H14N4O3/c1-10(9(16)17)4-2-3-6(10)13-8(15)7-11-5-12-14-7/h5-6H,2-4H2,1H3,(H,13,15)(H,16,17)(H,11,12,14). The number of carboxylic acid groups (broad SMARTS) is 1. The van der Waals surface area contributed by atoms with Gasteiger partial charge in [-0.25, -0.2) is 4.98 Å². The van der Waals surface area contributed by atoms with Crippen molar-refractivity contribution in [1.29, 1.82) is 0 Å². The van der Waals surface area contributed by atoms with Gasteiger partial charge in [-0.05, 0) is 19.8 Å². The number of aromatic nitrogens is 3. The van der Waals surface area contributed by atoms with Crippen molar-refractivity contribution in [2.24, 2.45) is 5.41 Å². The maximum atomic E-state index is 11.7. The number of hydrogen-bond acceptors (Lipinski definition) is 4. The van der Waals surface area contributed by atoms with Gasteiger partial charge in [0, 0.05) is 6.04 Å². The van der Waals surface area contributed by atoms with Crippen molar-refractivity contribution in [3.05, 3.63) is 12.2 Å². The van der Waals surface area contributed by atoms with Crippen LogP contribution in [0, 0.1) is 5.41 Å². The first kappa shape index (κ1) is 11.6. The van der Waals surface area contributed by atoms with Gasteiger partial charge in [-0.1, -0.05) is 6.42 Å². The summed E-state index contributed by atoms with van der Waals surface area (Å²) in [6.07, 6.45) is 3.27. The molecule has 3 N–H and O–H groups in total. The van der Waals surface area contributed by atoms with E-state index in [0.717, 1.165) is 6.42 Å². The molecule has 1 aromatic heterocycles. The number of aromatic amines is 1. The van der Waals surface area contributed by atoms with Crippen LogP contribution < -0.4 is 5.32 Å². The van der Waals surface area contributed by atoms with E-state index in [1.807, 2.05) is 0 Å². The summed E-state index contributed by atoms with van der Waals surface area (Å²) in [6.45, 7) is 1.66. The number of nitrogens with one attached hydrogen (secondary N) is 2. The van der Waals surface area contributed by atoms with Gasteiger partial charge in [0.15, 0.2) is 0 Å². The SMILES string of the molecule is CC1(C(=O)O)CCCC1NC(=O)c1ncn[nH]1. The monoisotopic (exact) mass is 238 g/mol. The first-order chi connectivity index (χ1) is 8.04. The summed E-state index contributed by atoms with van der Waals surface area (Å²) in [5.74, 6) is -1.19.